The van der Waals surface area contributed by atoms with Crippen molar-refractivity contribution in [2.45, 2.75) is 20.3 Å². The van der Waals surface area contributed by atoms with Crippen molar-refractivity contribution < 1.29 is 19.2 Å². The Morgan fingerprint density at radius 3 is 2.30 bits per heavy atom. The average Bonchev–Trinajstić information content (AvgIpc) is 3.19. The van der Waals surface area contributed by atoms with Crippen molar-refractivity contribution >= 4 is 28.9 Å². The molecule has 0 radical (unpaired) electrons. The van der Waals surface area contributed by atoms with Gasteiger partial charge in [0.05, 0.1) is 10.8 Å². The Morgan fingerprint density at radius 1 is 1.00 bits per heavy atom. The molecule has 3 aromatic carbocycles. The lowest BCUT2D eigenvalue weighted by Crippen LogP contribution is -2.28. The summed E-state index contributed by atoms with van der Waals surface area (Å²) in [5.74, 6) is 0.429. The monoisotopic (exact) mass is 445 g/mol. The molecule has 1 aliphatic heterocycles. The minimum Gasteiger partial charge on any atom is -0.457 e. The van der Waals surface area contributed by atoms with Gasteiger partial charge in [-0.25, -0.2) is 0 Å². The molecule has 168 valence electrons. The van der Waals surface area contributed by atoms with Crippen LogP contribution in [0.1, 0.15) is 17.5 Å². The molecule has 0 saturated carbocycles. The van der Waals surface area contributed by atoms with E-state index in [1.165, 1.54) is 34.7 Å². The minimum absolute atomic E-state index is 0.0513. The number of carbonyl (C=O) groups is 2. The maximum absolute atomic E-state index is 12.7. The molecular weight excluding hydrogens is 422 g/mol. The molecule has 1 saturated heterocycles. The number of aryl methyl sites for hydroxylation is 2. The van der Waals surface area contributed by atoms with E-state index in [-0.39, 0.29) is 30.5 Å². The van der Waals surface area contributed by atoms with Gasteiger partial charge in [0.2, 0.25) is 11.8 Å². The molecule has 8 nitrogen and oxygen atoms in total. The second kappa shape index (κ2) is 9.12. The number of benzene rings is 3. The third-order valence-corrected chi connectivity index (χ3v) is 5.70. The number of hydrogen-bond acceptors (Lipinski definition) is 5. The number of hydrogen-bond donors (Lipinski definition) is 1. The van der Waals surface area contributed by atoms with Gasteiger partial charge in [-0.15, -0.1) is 0 Å². The smallest absolute Gasteiger partial charge is 0.269 e. The SMILES string of the molecule is Cc1ccc(Oc2ccc(NC(=O)[C@H]3CC(=O)N(c4ccc([N+](=O)[O-])cc4)C3)cc2)cc1C. The molecule has 33 heavy (non-hydrogen) atoms. The van der Waals surface area contributed by atoms with E-state index in [1.54, 1.807) is 24.3 Å². The van der Waals surface area contributed by atoms with Crippen LogP contribution in [-0.4, -0.2) is 23.3 Å². The first-order chi connectivity index (χ1) is 15.8. The highest BCUT2D eigenvalue weighted by molar-refractivity contribution is 6.03. The Kier molecular flexibility index (Phi) is 6.08. The molecule has 4 rings (SSSR count). The molecule has 0 unspecified atom stereocenters. The molecule has 0 spiro atoms. The normalized spacial score (nSPS) is 15.4. The summed E-state index contributed by atoms with van der Waals surface area (Å²) in [5.41, 5.74) is 3.43. The number of nitrogens with one attached hydrogen (secondary N) is 1. The van der Waals surface area contributed by atoms with E-state index in [9.17, 15) is 19.7 Å². The van der Waals surface area contributed by atoms with Crippen molar-refractivity contribution in [1.29, 1.82) is 0 Å². The summed E-state index contributed by atoms with van der Waals surface area (Å²) in [6, 6.07) is 18.6. The molecular formula is C25H23N3O5. The number of ether oxygens (including phenoxy) is 1. The number of nitro groups is 1. The summed E-state index contributed by atoms with van der Waals surface area (Å²) in [6.45, 7) is 4.29. The fraction of sp³-hybridized carbons (Fsp3) is 0.200. The summed E-state index contributed by atoms with van der Waals surface area (Å²) in [7, 11) is 0. The molecule has 3 aromatic rings. The van der Waals surface area contributed by atoms with Gasteiger partial charge in [0.1, 0.15) is 11.5 Å². The molecule has 0 aliphatic carbocycles. The second-order valence-corrected chi connectivity index (χ2v) is 8.04. The molecule has 0 bridgehead atoms. The van der Waals surface area contributed by atoms with Crippen LogP contribution < -0.4 is 15.0 Å². The van der Waals surface area contributed by atoms with Crippen LogP contribution in [-0.2, 0) is 9.59 Å². The quantitative estimate of drug-likeness (QED) is 0.425. The van der Waals surface area contributed by atoms with Crippen molar-refractivity contribution in [2.75, 3.05) is 16.8 Å². The molecule has 1 N–H and O–H groups in total. The van der Waals surface area contributed by atoms with E-state index >= 15 is 0 Å². The average molecular weight is 445 g/mol. The predicted molar refractivity (Wildman–Crippen MR) is 125 cm³/mol. The van der Waals surface area contributed by atoms with Gasteiger partial charge in [-0.05, 0) is 73.5 Å². The van der Waals surface area contributed by atoms with E-state index in [0.29, 0.717) is 17.1 Å². The number of nitrogens with zero attached hydrogens (tertiary/aromatic N) is 2. The zero-order valence-electron chi connectivity index (χ0n) is 18.3. The van der Waals surface area contributed by atoms with Crippen LogP contribution in [0.15, 0.2) is 66.7 Å². The third kappa shape index (κ3) is 5.01. The van der Waals surface area contributed by atoms with Crippen LogP contribution >= 0.6 is 0 Å². The highest BCUT2D eigenvalue weighted by atomic mass is 16.6. The van der Waals surface area contributed by atoms with E-state index in [1.807, 2.05) is 32.0 Å². The summed E-state index contributed by atoms with van der Waals surface area (Å²) in [5, 5.41) is 13.7. The number of rotatable bonds is 6. The van der Waals surface area contributed by atoms with Gasteiger partial charge in [0.25, 0.3) is 5.69 Å². The summed E-state index contributed by atoms with van der Waals surface area (Å²) >= 11 is 0. The van der Waals surface area contributed by atoms with E-state index in [0.717, 1.165) is 11.3 Å². The Morgan fingerprint density at radius 2 is 1.67 bits per heavy atom. The minimum atomic E-state index is -0.515. The maximum Gasteiger partial charge on any atom is 0.269 e. The fourth-order valence-corrected chi connectivity index (χ4v) is 3.65. The van der Waals surface area contributed by atoms with Gasteiger partial charge in [0, 0.05) is 36.5 Å². The van der Waals surface area contributed by atoms with Crippen molar-refractivity contribution in [2.24, 2.45) is 5.92 Å². The Labute approximate surface area is 190 Å². The topological polar surface area (TPSA) is 102 Å². The summed E-state index contributed by atoms with van der Waals surface area (Å²) in [6.07, 6.45) is 0.0801. The van der Waals surface area contributed by atoms with Crippen LogP contribution in [0.2, 0.25) is 0 Å². The molecule has 2 amide bonds. The van der Waals surface area contributed by atoms with Crippen LogP contribution in [0.25, 0.3) is 0 Å². The van der Waals surface area contributed by atoms with Crippen LogP contribution in [0, 0.1) is 29.9 Å². The highest BCUT2D eigenvalue weighted by Crippen LogP contribution is 2.29. The first-order valence-electron chi connectivity index (χ1n) is 10.5. The number of non-ortho nitro benzene ring substituents is 1. The highest BCUT2D eigenvalue weighted by Gasteiger charge is 2.35. The third-order valence-electron chi connectivity index (χ3n) is 5.70. The van der Waals surface area contributed by atoms with E-state index < -0.39 is 10.8 Å². The van der Waals surface area contributed by atoms with Gasteiger partial charge in [-0.2, -0.15) is 0 Å². The Bertz CT molecular complexity index is 1210. The van der Waals surface area contributed by atoms with Crippen molar-refractivity contribution in [3.63, 3.8) is 0 Å². The first-order valence-corrected chi connectivity index (χ1v) is 10.5. The molecule has 0 aromatic heterocycles. The summed E-state index contributed by atoms with van der Waals surface area (Å²) in [4.78, 5) is 36.9. The lowest BCUT2D eigenvalue weighted by molar-refractivity contribution is -0.384. The predicted octanol–water partition coefficient (Wildman–Crippen LogP) is 5.00. The number of carbonyl (C=O) groups excluding carboxylic acids is 2. The lowest BCUT2D eigenvalue weighted by atomic mass is 10.1. The number of nitro benzene ring substituents is 1. The molecule has 1 atom stereocenters. The molecule has 8 heteroatoms. The maximum atomic E-state index is 12.7. The van der Waals surface area contributed by atoms with Gasteiger partial charge < -0.3 is 15.0 Å². The van der Waals surface area contributed by atoms with Gasteiger partial charge in [0.15, 0.2) is 0 Å². The largest absolute Gasteiger partial charge is 0.457 e. The van der Waals surface area contributed by atoms with E-state index in [4.69, 9.17) is 4.74 Å². The van der Waals surface area contributed by atoms with Crippen molar-refractivity contribution in [3.8, 4) is 11.5 Å². The standard InChI is InChI=1S/C25H23N3O5/c1-16-3-10-23(13-17(16)2)33-22-11-4-19(5-12-22)26-25(30)18-14-24(29)27(15-18)20-6-8-21(9-7-20)28(31)32/h3-13,18H,14-15H2,1-2H3,(H,26,30)/t18-/m0/s1. The van der Waals surface area contributed by atoms with Crippen LogP contribution in [0.5, 0.6) is 11.5 Å². The first kappa shape index (κ1) is 22.0. The zero-order chi connectivity index (χ0) is 23.5. The molecule has 1 heterocycles. The summed E-state index contributed by atoms with van der Waals surface area (Å²) < 4.78 is 5.87. The van der Waals surface area contributed by atoms with E-state index in [2.05, 4.69) is 5.32 Å². The van der Waals surface area contributed by atoms with Gasteiger partial charge >= 0.3 is 0 Å². The van der Waals surface area contributed by atoms with Crippen molar-refractivity contribution in [1.82, 2.24) is 0 Å². The van der Waals surface area contributed by atoms with Crippen LogP contribution in [0.4, 0.5) is 17.1 Å². The van der Waals surface area contributed by atoms with Crippen LogP contribution in [0.3, 0.4) is 0 Å². The van der Waals surface area contributed by atoms with Gasteiger partial charge in [-0.1, -0.05) is 6.07 Å². The number of anilines is 2. The fourth-order valence-electron chi connectivity index (χ4n) is 3.65. The second-order valence-electron chi connectivity index (χ2n) is 8.04. The Hall–Kier alpha value is -4.20. The number of amides is 2. The molecule has 1 fully saturated rings. The lowest BCUT2D eigenvalue weighted by Gasteiger charge is -2.16. The molecule has 1 aliphatic rings. The van der Waals surface area contributed by atoms with Gasteiger partial charge in [-0.3, -0.25) is 19.7 Å². The van der Waals surface area contributed by atoms with Crippen molar-refractivity contribution in [3.05, 3.63) is 88.0 Å². The Balaban J connectivity index is 1.36. The zero-order valence-corrected chi connectivity index (χ0v) is 18.3.